The molecule has 1 aromatic carbocycles. The standard InChI is InChI=1S/C22H23FN2O5/c23-16-6-4-15(5-7-16)20(26)18-19(17-3-1-12-30-17)25(22(28)21(18)27)9-2-8-24-10-13-29-14-11-24/h1,3-7,12,18-19H,2,8-11,13-14H2. The predicted molar refractivity (Wildman–Crippen MR) is 104 cm³/mol. The van der Waals surface area contributed by atoms with E-state index in [0.29, 0.717) is 31.9 Å². The van der Waals surface area contributed by atoms with E-state index in [1.807, 2.05) is 0 Å². The Morgan fingerprint density at radius 1 is 1.07 bits per heavy atom. The van der Waals surface area contributed by atoms with Crippen LogP contribution in [-0.4, -0.2) is 66.7 Å². The van der Waals surface area contributed by atoms with E-state index < -0.39 is 35.3 Å². The Labute approximate surface area is 173 Å². The summed E-state index contributed by atoms with van der Waals surface area (Å²) in [6, 6.07) is 7.50. The summed E-state index contributed by atoms with van der Waals surface area (Å²) in [6.07, 6.45) is 2.11. The van der Waals surface area contributed by atoms with Crippen LogP contribution in [-0.2, 0) is 14.3 Å². The van der Waals surface area contributed by atoms with E-state index in [1.165, 1.54) is 23.3 Å². The monoisotopic (exact) mass is 414 g/mol. The number of carbonyl (C=O) groups is 3. The second-order valence-electron chi connectivity index (χ2n) is 7.48. The molecule has 2 atom stereocenters. The van der Waals surface area contributed by atoms with Gasteiger partial charge in [0.05, 0.1) is 19.5 Å². The third kappa shape index (κ3) is 4.06. The van der Waals surface area contributed by atoms with Gasteiger partial charge in [-0.2, -0.15) is 0 Å². The average Bonchev–Trinajstić information content (AvgIpc) is 3.37. The first-order chi connectivity index (χ1) is 14.6. The van der Waals surface area contributed by atoms with Crippen LogP contribution in [0.5, 0.6) is 0 Å². The van der Waals surface area contributed by atoms with Gasteiger partial charge in [0.15, 0.2) is 5.78 Å². The summed E-state index contributed by atoms with van der Waals surface area (Å²) in [5.74, 6) is -3.24. The average molecular weight is 414 g/mol. The molecular formula is C22H23FN2O5. The molecule has 3 heterocycles. The van der Waals surface area contributed by atoms with Crippen molar-refractivity contribution in [3.8, 4) is 0 Å². The molecule has 7 nitrogen and oxygen atoms in total. The minimum Gasteiger partial charge on any atom is -0.467 e. The highest BCUT2D eigenvalue weighted by Crippen LogP contribution is 2.38. The van der Waals surface area contributed by atoms with Crippen LogP contribution in [0.2, 0.25) is 0 Å². The summed E-state index contributed by atoms with van der Waals surface area (Å²) in [5, 5.41) is 0. The van der Waals surface area contributed by atoms with Gasteiger partial charge in [-0.25, -0.2) is 4.39 Å². The summed E-state index contributed by atoms with van der Waals surface area (Å²) >= 11 is 0. The van der Waals surface area contributed by atoms with Gasteiger partial charge in [0.1, 0.15) is 23.5 Å². The Bertz CT molecular complexity index is 906. The van der Waals surface area contributed by atoms with Gasteiger partial charge in [0, 0.05) is 31.7 Å². The van der Waals surface area contributed by atoms with Gasteiger partial charge >= 0.3 is 0 Å². The number of ketones is 2. The zero-order valence-electron chi connectivity index (χ0n) is 16.5. The zero-order chi connectivity index (χ0) is 21.1. The fraction of sp³-hybridized carbons (Fsp3) is 0.409. The molecule has 0 N–H and O–H groups in total. The molecule has 0 aliphatic carbocycles. The molecule has 2 saturated heterocycles. The van der Waals surface area contributed by atoms with E-state index in [4.69, 9.17) is 9.15 Å². The first kappa shape index (κ1) is 20.4. The summed E-state index contributed by atoms with van der Waals surface area (Å²) in [7, 11) is 0. The van der Waals surface area contributed by atoms with Crippen molar-refractivity contribution in [3.63, 3.8) is 0 Å². The smallest absolute Gasteiger partial charge is 0.291 e. The van der Waals surface area contributed by atoms with Gasteiger partial charge in [0.2, 0.25) is 5.78 Å². The lowest BCUT2D eigenvalue weighted by molar-refractivity contribution is -0.140. The Balaban J connectivity index is 1.55. The van der Waals surface area contributed by atoms with Crippen LogP contribution in [0.1, 0.15) is 28.6 Å². The molecule has 1 amide bonds. The summed E-state index contributed by atoms with van der Waals surface area (Å²) < 4.78 is 24.1. The highest BCUT2D eigenvalue weighted by atomic mass is 19.1. The van der Waals surface area contributed by atoms with Gasteiger partial charge in [0.25, 0.3) is 5.91 Å². The Hall–Kier alpha value is -2.84. The number of rotatable bonds is 7. The largest absolute Gasteiger partial charge is 0.467 e. The maximum absolute atomic E-state index is 13.3. The predicted octanol–water partition coefficient (Wildman–Crippen LogP) is 2.09. The molecule has 2 aliphatic rings. The molecule has 2 aliphatic heterocycles. The number of amides is 1. The van der Waals surface area contributed by atoms with E-state index in [2.05, 4.69) is 4.90 Å². The molecule has 8 heteroatoms. The van der Waals surface area contributed by atoms with Crippen LogP contribution in [0.3, 0.4) is 0 Å². The van der Waals surface area contributed by atoms with Crippen molar-refractivity contribution < 1.29 is 27.9 Å². The van der Waals surface area contributed by atoms with Crippen LogP contribution in [0.25, 0.3) is 0 Å². The van der Waals surface area contributed by atoms with Gasteiger partial charge in [-0.15, -0.1) is 0 Å². The summed E-state index contributed by atoms with van der Waals surface area (Å²) in [6.45, 7) is 4.14. The molecule has 1 aromatic heterocycles. The molecule has 30 heavy (non-hydrogen) atoms. The number of likely N-dealkylation sites (tertiary alicyclic amines) is 1. The molecule has 2 aromatic rings. The number of morpholine rings is 1. The summed E-state index contributed by atoms with van der Waals surface area (Å²) in [4.78, 5) is 42.4. The van der Waals surface area contributed by atoms with E-state index in [-0.39, 0.29) is 5.56 Å². The van der Waals surface area contributed by atoms with Crippen LogP contribution < -0.4 is 0 Å². The van der Waals surface area contributed by atoms with Crippen molar-refractivity contribution in [1.29, 1.82) is 0 Å². The topological polar surface area (TPSA) is 80.1 Å². The first-order valence-corrected chi connectivity index (χ1v) is 10.0. The van der Waals surface area contributed by atoms with E-state index in [9.17, 15) is 18.8 Å². The highest BCUT2D eigenvalue weighted by Gasteiger charge is 2.52. The lowest BCUT2D eigenvalue weighted by Gasteiger charge is -2.29. The quantitative estimate of drug-likeness (QED) is 0.392. The number of nitrogens with zero attached hydrogens (tertiary/aromatic N) is 2. The lowest BCUT2D eigenvalue weighted by atomic mass is 9.88. The molecule has 0 spiro atoms. The maximum Gasteiger partial charge on any atom is 0.291 e. The van der Waals surface area contributed by atoms with Crippen molar-refractivity contribution >= 4 is 17.5 Å². The molecule has 0 saturated carbocycles. The fourth-order valence-corrected chi connectivity index (χ4v) is 4.09. The normalized spacial score (nSPS) is 22.6. The number of hydrogen-bond acceptors (Lipinski definition) is 6. The lowest BCUT2D eigenvalue weighted by Crippen LogP contribution is -2.39. The van der Waals surface area contributed by atoms with Crippen LogP contribution in [0.15, 0.2) is 47.1 Å². The minimum atomic E-state index is -1.21. The SMILES string of the molecule is O=C1C(=O)N(CCCN2CCOCC2)C(c2ccco2)C1C(=O)c1ccc(F)cc1. The zero-order valence-corrected chi connectivity index (χ0v) is 16.5. The number of ether oxygens (including phenoxy) is 1. The second kappa shape index (κ2) is 8.89. The molecular weight excluding hydrogens is 391 g/mol. The number of carbonyl (C=O) groups excluding carboxylic acids is 3. The van der Waals surface area contributed by atoms with Gasteiger partial charge in [-0.05, 0) is 42.8 Å². The van der Waals surface area contributed by atoms with Crippen LogP contribution in [0.4, 0.5) is 4.39 Å². The maximum atomic E-state index is 13.3. The first-order valence-electron chi connectivity index (χ1n) is 10.0. The van der Waals surface area contributed by atoms with E-state index >= 15 is 0 Å². The summed E-state index contributed by atoms with van der Waals surface area (Å²) in [5.41, 5.74) is 0.189. The molecule has 2 fully saturated rings. The van der Waals surface area contributed by atoms with Gasteiger partial charge in [-0.1, -0.05) is 0 Å². The molecule has 4 rings (SSSR count). The van der Waals surface area contributed by atoms with Crippen LogP contribution >= 0.6 is 0 Å². The van der Waals surface area contributed by atoms with Gasteiger partial charge in [-0.3, -0.25) is 19.3 Å². The van der Waals surface area contributed by atoms with Crippen molar-refractivity contribution in [1.82, 2.24) is 9.80 Å². The Morgan fingerprint density at radius 3 is 2.47 bits per heavy atom. The molecule has 158 valence electrons. The van der Waals surface area contributed by atoms with Crippen LogP contribution in [0, 0.1) is 11.7 Å². The number of furan rings is 1. The molecule has 2 unspecified atom stereocenters. The third-order valence-corrected chi connectivity index (χ3v) is 5.63. The second-order valence-corrected chi connectivity index (χ2v) is 7.48. The minimum absolute atomic E-state index is 0.189. The highest BCUT2D eigenvalue weighted by molar-refractivity contribution is 6.44. The fourth-order valence-electron chi connectivity index (χ4n) is 4.09. The van der Waals surface area contributed by atoms with Crippen molar-refractivity contribution in [2.45, 2.75) is 12.5 Å². The van der Waals surface area contributed by atoms with E-state index in [1.54, 1.807) is 12.1 Å². The number of hydrogen-bond donors (Lipinski definition) is 0. The van der Waals surface area contributed by atoms with Crippen molar-refractivity contribution in [2.75, 3.05) is 39.4 Å². The van der Waals surface area contributed by atoms with E-state index in [0.717, 1.165) is 31.8 Å². The third-order valence-electron chi connectivity index (χ3n) is 5.63. The Morgan fingerprint density at radius 2 is 1.80 bits per heavy atom. The molecule has 0 bridgehead atoms. The number of halogens is 1. The number of Topliss-reactive ketones (excluding diaryl/α,β-unsaturated/α-hetero) is 2. The van der Waals surface area contributed by atoms with Crippen molar-refractivity contribution in [2.24, 2.45) is 5.92 Å². The Kier molecular flexibility index (Phi) is 6.06. The number of benzene rings is 1. The molecule has 0 radical (unpaired) electrons. The van der Waals surface area contributed by atoms with Crippen molar-refractivity contribution in [3.05, 3.63) is 59.8 Å². The van der Waals surface area contributed by atoms with Gasteiger partial charge < -0.3 is 14.1 Å².